The van der Waals surface area contributed by atoms with E-state index in [-0.39, 0.29) is 11.1 Å². The number of nitrogens with one attached hydrogen (secondary N) is 1. The maximum atomic E-state index is 13.3. The second-order valence-corrected chi connectivity index (χ2v) is 8.32. The molecule has 0 aliphatic carbocycles. The Bertz CT molecular complexity index is 1610. The molecule has 0 spiro atoms. The van der Waals surface area contributed by atoms with Gasteiger partial charge in [0.2, 0.25) is 0 Å². The number of halogens is 3. The molecule has 0 atom stereocenters. The summed E-state index contributed by atoms with van der Waals surface area (Å²) < 4.78 is 41.7. The number of nitrogens with two attached hydrogens (primary N) is 1. The van der Waals surface area contributed by atoms with E-state index in [1.807, 2.05) is 41.1 Å². The van der Waals surface area contributed by atoms with Crippen molar-refractivity contribution in [1.82, 2.24) is 14.5 Å². The van der Waals surface area contributed by atoms with Crippen molar-refractivity contribution < 1.29 is 18.0 Å². The Morgan fingerprint density at radius 1 is 0.944 bits per heavy atom. The average Bonchev–Trinajstić information content (AvgIpc) is 3.27. The molecule has 0 saturated heterocycles. The summed E-state index contributed by atoms with van der Waals surface area (Å²) in [5.74, 6) is 0.368. The number of hydrogen-bond acceptors (Lipinski definition) is 4. The summed E-state index contributed by atoms with van der Waals surface area (Å²) in [4.78, 5) is 20.9. The highest BCUT2D eigenvalue weighted by atomic mass is 19.4. The van der Waals surface area contributed by atoms with E-state index in [0.29, 0.717) is 17.3 Å². The number of hydrogen-bond donors (Lipinski definition) is 2. The summed E-state index contributed by atoms with van der Waals surface area (Å²) >= 11 is 0. The lowest BCUT2D eigenvalue weighted by Gasteiger charge is -2.13. The van der Waals surface area contributed by atoms with Gasteiger partial charge < -0.3 is 15.6 Å². The SMILES string of the molecule is Cc1ccc(C(=O)Nc2cccc(-c3ccc4ccn(-c5cc(N)ncn5)c4c3)c2)cc1C(F)(F)F. The van der Waals surface area contributed by atoms with Crippen molar-refractivity contribution in [1.29, 1.82) is 0 Å². The monoisotopic (exact) mass is 487 g/mol. The minimum Gasteiger partial charge on any atom is -0.384 e. The number of alkyl halides is 3. The molecule has 36 heavy (non-hydrogen) atoms. The summed E-state index contributed by atoms with van der Waals surface area (Å²) in [5, 5.41) is 3.70. The maximum Gasteiger partial charge on any atom is 0.416 e. The van der Waals surface area contributed by atoms with Crippen molar-refractivity contribution >= 4 is 28.3 Å². The van der Waals surface area contributed by atoms with E-state index in [0.717, 1.165) is 28.1 Å². The number of aromatic nitrogens is 3. The van der Waals surface area contributed by atoms with Gasteiger partial charge in [-0.25, -0.2) is 9.97 Å². The molecule has 2 heterocycles. The van der Waals surface area contributed by atoms with Crippen LogP contribution in [-0.4, -0.2) is 20.4 Å². The minimum absolute atomic E-state index is 0.0610. The molecule has 0 radical (unpaired) electrons. The zero-order valence-electron chi connectivity index (χ0n) is 19.0. The van der Waals surface area contributed by atoms with E-state index < -0.39 is 17.6 Å². The first-order chi connectivity index (χ1) is 17.2. The Balaban J connectivity index is 1.45. The van der Waals surface area contributed by atoms with E-state index in [2.05, 4.69) is 15.3 Å². The van der Waals surface area contributed by atoms with E-state index in [1.54, 1.807) is 24.3 Å². The second-order valence-electron chi connectivity index (χ2n) is 8.32. The normalized spacial score (nSPS) is 11.6. The first kappa shape index (κ1) is 23.1. The number of nitrogen functional groups attached to an aromatic ring is 1. The van der Waals surface area contributed by atoms with Crippen molar-refractivity contribution in [3.05, 3.63) is 102 Å². The largest absolute Gasteiger partial charge is 0.416 e. The topological polar surface area (TPSA) is 85.8 Å². The summed E-state index contributed by atoms with van der Waals surface area (Å²) in [6.45, 7) is 1.36. The fraction of sp³-hybridized carbons (Fsp3) is 0.0741. The van der Waals surface area contributed by atoms with Crippen LogP contribution in [0, 0.1) is 6.92 Å². The van der Waals surface area contributed by atoms with Gasteiger partial charge in [0.1, 0.15) is 18.0 Å². The minimum atomic E-state index is -4.53. The molecule has 0 unspecified atom stereocenters. The van der Waals surface area contributed by atoms with Gasteiger partial charge in [0, 0.05) is 28.9 Å². The van der Waals surface area contributed by atoms with Crippen molar-refractivity contribution in [3.8, 4) is 16.9 Å². The number of anilines is 2. The Hall–Kier alpha value is -4.66. The van der Waals surface area contributed by atoms with Crippen molar-refractivity contribution in [2.45, 2.75) is 13.1 Å². The Morgan fingerprint density at radius 2 is 1.75 bits per heavy atom. The first-order valence-corrected chi connectivity index (χ1v) is 11.0. The molecule has 1 amide bonds. The van der Waals surface area contributed by atoms with Gasteiger partial charge in [-0.1, -0.05) is 30.3 Å². The molecular weight excluding hydrogens is 467 g/mol. The average molecular weight is 487 g/mol. The predicted molar refractivity (Wildman–Crippen MR) is 133 cm³/mol. The highest BCUT2D eigenvalue weighted by molar-refractivity contribution is 6.04. The number of nitrogens with zero attached hydrogens (tertiary/aromatic N) is 3. The van der Waals surface area contributed by atoms with Crippen LogP contribution < -0.4 is 11.1 Å². The lowest BCUT2D eigenvalue weighted by molar-refractivity contribution is -0.138. The third-order valence-electron chi connectivity index (χ3n) is 5.87. The van der Waals surface area contributed by atoms with Crippen LogP contribution in [0.1, 0.15) is 21.5 Å². The second kappa shape index (κ2) is 8.84. The van der Waals surface area contributed by atoms with Crippen LogP contribution in [0.5, 0.6) is 0 Å². The predicted octanol–water partition coefficient (Wildman–Crippen LogP) is 6.25. The van der Waals surface area contributed by atoms with Gasteiger partial charge in [-0.05, 0) is 60.0 Å². The third kappa shape index (κ3) is 4.50. The molecule has 3 N–H and O–H groups in total. The Labute approximate surface area is 204 Å². The number of benzene rings is 3. The number of amides is 1. The van der Waals surface area contributed by atoms with Gasteiger partial charge in [-0.3, -0.25) is 4.79 Å². The van der Waals surface area contributed by atoms with E-state index in [9.17, 15) is 18.0 Å². The van der Waals surface area contributed by atoms with Crippen LogP contribution in [0.25, 0.3) is 27.8 Å². The number of carbonyl (C=O) groups is 1. The summed E-state index contributed by atoms with van der Waals surface area (Å²) in [5.41, 5.74) is 8.05. The van der Waals surface area contributed by atoms with Crippen LogP contribution in [0.4, 0.5) is 24.7 Å². The Morgan fingerprint density at radius 3 is 2.53 bits per heavy atom. The molecule has 0 saturated carbocycles. The van der Waals surface area contributed by atoms with E-state index in [1.165, 1.54) is 25.4 Å². The van der Waals surface area contributed by atoms with Crippen LogP contribution >= 0.6 is 0 Å². The van der Waals surface area contributed by atoms with Crippen LogP contribution in [0.15, 0.2) is 85.3 Å². The van der Waals surface area contributed by atoms with E-state index in [4.69, 9.17) is 5.73 Å². The van der Waals surface area contributed by atoms with Gasteiger partial charge in [-0.2, -0.15) is 13.2 Å². The standard InChI is InChI=1S/C27H20F3N5O/c1-16-5-6-20(12-22(16)27(28,29)30)26(36)34-21-4-2-3-18(11-21)19-8-7-17-9-10-35(23(17)13-19)25-14-24(31)32-15-33-25/h2-15H,1H3,(H,34,36)(H2,31,32,33). The fourth-order valence-electron chi connectivity index (χ4n) is 4.05. The molecule has 0 aliphatic heterocycles. The highest BCUT2D eigenvalue weighted by Gasteiger charge is 2.33. The maximum absolute atomic E-state index is 13.3. The lowest BCUT2D eigenvalue weighted by atomic mass is 10.0. The summed E-state index contributed by atoms with van der Waals surface area (Å²) in [6.07, 6.45) is -1.24. The third-order valence-corrected chi connectivity index (χ3v) is 5.87. The number of rotatable bonds is 4. The first-order valence-electron chi connectivity index (χ1n) is 11.0. The van der Waals surface area contributed by atoms with E-state index >= 15 is 0 Å². The van der Waals surface area contributed by atoms with Gasteiger partial charge in [0.25, 0.3) is 5.91 Å². The molecule has 0 bridgehead atoms. The van der Waals surface area contributed by atoms with Gasteiger partial charge in [0.15, 0.2) is 0 Å². The number of fused-ring (bicyclic) bond motifs is 1. The molecule has 6 nitrogen and oxygen atoms in total. The quantitative estimate of drug-likeness (QED) is 0.314. The molecule has 180 valence electrons. The van der Waals surface area contributed by atoms with Crippen LogP contribution in [0.3, 0.4) is 0 Å². The van der Waals surface area contributed by atoms with Crippen molar-refractivity contribution in [3.63, 3.8) is 0 Å². The smallest absolute Gasteiger partial charge is 0.384 e. The van der Waals surface area contributed by atoms with Crippen molar-refractivity contribution in [2.24, 2.45) is 0 Å². The molecule has 2 aromatic heterocycles. The number of aryl methyl sites for hydroxylation is 1. The number of carbonyl (C=O) groups excluding carboxylic acids is 1. The molecule has 9 heteroatoms. The highest BCUT2D eigenvalue weighted by Crippen LogP contribution is 2.33. The lowest BCUT2D eigenvalue weighted by Crippen LogP contribution is -2.15. The molecule has 5 aromatic rings. The van der Waals surface area contributed by atoms with Gasteiger partial charge in [0.05, 0.1) is 11.1 Å². The zero-order valence-corrected chi connectivity index (χ0v) is 19.0. The molecule has 5 rings (SSSR count). The molecular formula is C27H20F3N5O. The van der Waals surface area contributed by atoms with Crippen LogP contribution in [-0.2, 0) is 6.18 Å². The molecule has 0 aliphatic rings. The zero-order chi connectivity index (χ0) is 25.4. The fourth-order valence-corrected chi connectivity index (χ4v) is 4.05. The van der Waals surface area contributed by atoms with Gasteiger partial charge in [-0.15, -0.1) is 0 Å². The van der Waals surface area contributed by atoms with Crippen LogP contribution in [0.2, 0.25) is 0 Å². The Kier molecular flexibility index (Phi) is 5.68. The summed E-state index contributed by atoms with van der Waals surface area (Å²) in [6, 6.07) is 20.2. The molecule has 0 fully saturated rings. The van der Waals surface area contributed by atoms with Crippen molar-refractivity contribution in [2.75, 3.05) is 11.1 Å². The van der Waals surface area contributed by atoms with Gasteiger partial charge >= 0.3 is 6.18 Å². The summed E-state index contributed by atoms with van der Waals surface area (Å²) in [7, 11) is 0. The molecule has 3 aromatic carbocycles.